The Morgan fingerprint density at radius 1 is 1.29 bits per heavy atom. The maximum absolute atomic E-state index is 13.4. The van der Waals surface area contributed by atoms with Crippen LogP contribution in [0.1, 0.15) is 27.2 Å². The average molecular weight is 297 g/mol. The molecular formula is C15H20FNO4. The van der Waals surface area contributed by atoms with Gasteiger partial charge in [-0.05, 0) is 31.4 Å². The molecule has 0 bridgehead atoms. The van der Waals surface area contributed by atoms with Crippen molar-refractivity contribution in [3.63, 3.8) is 0 Å². The molecule has 0 heterocycles. The van der Waals surface area contributed by atoms with Crippen LogP contribution in [0, 0.1) is 11.7 Å². The highest BCUT2D eigenvalue weighted by Gasteiger charge is 2.25. The van der Waals surface area contributed by atoms with Crippen molar-refractivity contribution in [2.45, 2.75) is 39.3 Å². The molecule has 116 valence electrons. The van der Waals surface area contributed by atoms with E-state index in [-0.39, 0.29) is 11.7 Å². The fourth-order valence-electron chi connectivity index (χ4n) is 1.77. The summed E-state index contributed by atoms with van der Waals surface area (Å²) in [7, 11) is 0. The highest BCUT2D eigenvalue weighted by Crippen LogP contribution is 2.17. The maximum atomic E-state index is 13.4. The van der Waals surface area contributed by atoms with Gasteiger partial charge in [-0.25, -0.2) is 9.18 Å². The van der Waals surface area contributed by atoms with Crippen LogP contribution >= 0.6 is 0 Å². The molecule has 2 N–H and O–H groups in total. The maximum Gasteiger partial charge on any atom is 0.326 e. The Morgan fingerprint density at radius 3 is 2.43 bits per heavy atom. The number of nitrogens with one attached hydrogen (secondary N) is 1. The van der Waals surface area contributed by atoms with Crippen LogP contribution in [0.5, 0.6) is 5.75 Å². The number of rotatable bonds is 7. The summed E-state index contributed by atoms with van der Waals surface area (Å²) in [5, 5.41) is 11.5. The van der Waals surface area contributed by atoms with Gasteiger partial charge in [0.15, 0.2) is 17.7 Å². The number of amides is 1. The number of benzene rings is 1. The molecule has 1 aromatic rings. The van der Waals surface area contributed by atoms with Crippen molar-refractivity contribution in [1.29, 1.82) is 0 Å². The molecular weight excluding hydrogens is 277 g/mol. The zero-order valence-electron chi connectivity index (χ0n) is 12.3. The predicted molar refractivity (Wildman–Crippen MR) is 75.5 cm³/mol. The second-order valence-corrected chi connectivity index (χ2v) is 5.22. The molecule has 0 saturated carbocycles. The Balaban J connectivity index is 2.65. The van der Waals surface area contributed by atoms with Crippen molar-refractivity contribution in [1.82, 2.24) is 5.32 Å². The van der Waals surface area contributed by atoms with E-state index in [1.165, 1.54) is 25.1 Å². The van der Waals surface area contributed by atoms with E-state index >= 15 is 0 Å². The third-order valence-electron chi connectivity index (χ3n) is 2.83. The van der Waals surface area contributed by atoms with Gasteiger partial charge in [-0.2, -0.15) is 0 Å². The minimum atomic E-state index is -1.10. The molecule has 0 aliphatic heterocycles. The molecule has 0 spiro atoms. The van der Waals surface area contributed by atoms with Gasteiger partial charge in [-0.15, -0.1) is 0 Å². The Bertz CT molecular complexity index is 504. The number of hydrogen-bond acceptors (Lipinski definition) is 3. The number of carbonyl (C=O) groups excluding carboxylic acids is 1. The molecule has 0 aromatic heterocycles. The SMILES string of the molecule is CC(C)C[C@@H](NC(=O)C(C)Oc1ccccc1F)C(=O)O. The molecule has 1 aromatic carbocycles. The lowest BCUT2D eigenvalue weighted by Gasteiger charge is -2.20. The first-order valence-corrected chi connectivity index (χ1v) is 6.75. The lowest BCUT2D eigenvalue weighted by Crippen LogP contribution is -2.46. The van der Waals surface area contributed by atoms with Crippen LogP contribution in [0.25, 0.3) is 0 Å². The van der Waals surface area contributed by atoms with Crippen molar-refractivity contribution in [2.24, 2.45) is 5.92 Å². The molecule has 1 amide bonds. The first kappa shape index (κ1) is 16.9. The molecule has 21 heavy (non-hydrogen) atoms. The number of aliphatic carboxylic acids is 1. The van der Waals surface area contributed by atoms with Crippen LogP contribution < -0.4 is 10.1 Å². The molecule has 6 heteroatoms. The van der Waals surface area contributed by atoms with Crippen LogP contribution in [-0.4, -0.2) is 29.1 Å². The zero-order chi connectivity index (χ0) is 16.0. The van der Waals surface area contributed by atoms with Crippen molar-refractivity contribution in [2.75, 3.05) is 0 Å². The lowest BCUT2D eigenvalue weighted by atomic mass is 10.0. The number of carboxylic acid groups (broad SMARTS) is 1. The first-order valence-electron chi connectivity index (χ1n) is 6.75. The molecule has 1 rings (SSSR count). The van der Waals surface area contributed by atoms with Crippen molar-refractivity contribution < 1.29 is 23.8 Å². The molecule has 0 aliphatic carbocycles. The van der Waals surface area contributed by atoms with Gasteiger partial charge in [-0.3, -0.25) is 4.79 Å². The second kappa shape index (κ2) is 7.61. The minimum absolute atomic E-state index is 0.0455. The normalized spacial score (nSPS) is 13.6. The third-order valence-corrected chi connectivity index (χ3v) is 2.83. The van der Waals surface area contributed by atoms with Crippen LogP contribution in [0.4, 0.5) is 4.39 Å². The predicted octanol–water partition coefficient (Wildman–Crippen LogP) is 2.21. The monoisotopic (exact) mass is 297 g/mol. The quantitative estimate of drug-likeness (QED) is 0.809. The summed E-state index contributed by atoms with van der Waals surface area (Å²) < 4.78 is 18.6. The number of ether oxygens (including phenoxy) is 1. The minimum Gasteiger partial charge on any atom is -0.480 e. The van der Waals surface area contributed by atoms with E-state index in [1.54, 1.807) is 6.07 Å². The molecule has 0 aliphatic rings. The van der Waals surface area contributed by atoms with E-state index in [0.29, 0.717) is 6.42 Å². The van der Waals surface area contributed by atoms with Crippen LogP contribution in [0.3, 0.4) is 0 Å². The summed E-state index contributed by atoms with van der Waals surface area (Å²) in [6.45, 7) is 5.17. The van der Waals surface area contributed by atoms with E-state index in [4.69, 9.17) is 9.84 Å². The smallest absolute Gasteiger partial charge is 0.326 e. The van der Waals surface area contributed by atoms with Crippen LogP contribution in [0.2, 0.25) is 0 Å². The van der Waals surface area contributed by atoms with Gasteiger partial charge in [0.05, 0.1) is 0 Å². The fourth-order valence-corrected chi connectivity index (χ4v) is 1.77. The van der Waals surface area contributed by atoms with Crippen LogP contribution in [-0.2, 0) is 9.59 Å². The largest absolute Gasteiger partial charge is 0.480 e. The van der Waals surface area contributed by atoms with E-state index in [0.717, 1.165) is 0 Å². The fraction of sp³-hybridized carbons (Fsp3) is 0.467. The standard InChI is InChI=1S/C15H20FNO4/c1-9(2)8-12(15(19)20)17-14(18)10(3)21-13-7-5-4-6-11(13)16/h4-7,9-10,12H,8H2,1-3H3,(H,17,18)(H,19,20)/t10?,12-/m1/s1. The van der Waals surface area contributed by atoms with Gasteiger partial charge < -0.3 is 15.2 Å². The number of para-hydroxylation sites is 1. The second-order valence-electron chi connectivity index (χ2n) is 5.22. The van der Waals surface area contributed by atoms with Gasteiger partial charge in [0, 0.05) is 0 Å². The molecule has 2 atom stereocenters. The molecule has 0 saturated heterocycles. The number of carboxylic acids is 1. The van der Waals surface area contributed by atoms with E-state index in [1.807, 2.05) is 13.8 Å². The molecule has 0 fully saturated rings. The summed E-state index contributed by atoms with van der Waals surface area (Å²) >= 11 is 0. The Hall–Kier alpha value is -2.11. The first-order chi connectivity index (χ1) is 9.81. The van der Waals surface area contributed by atoms with Gasteiger partial charge in [0.2, 0.25) is 0 Å². The van der Waals surface area contributed by atoms with Gasteiger partial charge in [0.1, 0.15) is 6.04 Å². The van der Waals surface area contributed by atoms with E-state index < -0.39 is 29.8 Å². The summed E-state index contributed by atoms with van der Waals surface area (Å²) in [4.78, 5) is 23.0. The van der Waals surface area contributed by atoms with Crippen LogP contribution in [0.15, 0.2) is 24.3 Å². The third kappa shape index (κ3) is 5.41. The Kier molecular flexibility index (Phi) is 6.14. The molecule has 5 nitrogen and oxygen atoms in total. The van der Waals surface area contributed by atoms with Gasteiger partial charge in [0.25, 0.3) is 5.91 Å². The van der Waals surface area contributed by atoms with Crippen molar-refractivity contribution in [3.8, 4) is 5.75 Å². The molecule has 0 radical (unpaired) electrons. The van der Waals surface area contributed by atoms with Gasteiger partial charge in [-0.1, -0.05) is 26.0 Å². The summed E-state index contributed by atoms with van der Waals surface area (Å²) in [6.07, 6.45) is -0.677. The highest BCUT2D eigenvalue weighted by atomic mass is 19.1. The van der Waals surface area contributed by atoms with Crippen molar-refractivity contribution in [3.05, 3.63) is 30.1 Å². The topological polar surface area (TPSA) is 75.6 Å². The van der Waals surface area contributed by atoms with Crippen molar-refractivity contribution >= 4 is 11.9 Å². The lowest BCUT2D eigenvalue weighted by molar-refractivity contribution is -0.143. The summed E-state index contributed by atoms with van der Waals surface area (Å²) in [5.41, 5.74) is 0. The van der Waals surface area contributed by atoms with E-state index in [9.17, 15) is 14.0 Å². The zero-order valence-corrected chi connectivity index (χ0v) is 12.3. The van der Waals surface area contributed by atoms with E-state index in [2.05, 4.69) is 5.32 Å². The Labute approximate surface area is 123 Å². The average Bonchev–Trinajstić information content (AvgIpc) is 2.39. The number of carbonyl (C=O) groups is 2. The summed E-state index contributed by atoms with van der Waals surface area (Å²) in [5.74, 6) is -2.19. The number of halogens is 1. The highest BCUT2D eigenvalue weighted by molar-refractivity contribution is 5.86. The number of hydrogen-bond donors (Lipinski definition) is 2. The Morgan fingerprint density at radius 2 is 1.90 bits per heavy atom. The molecule has 1 unspecified atom stereocenters. The summed E-state index contributed by atoms with van der Waals surface area (Å²) in [6, 6.07) is 4.74. The van der Waals surface area contributed by atoms with Gasteiger partial charge >= 0.3 is 5.97 Å².